The van der Waals surface area contributed by atoms with Gasteiger partial charge in [0.2, 0.25) is 0 Å². The molecule has 0 amide bonds. The summed E-state index contributed by atoms with van der Waals surface area (Å²) in [6.45, 7) is 5.07. The molecule has 2 unspecified atom stereocenters. The van der Waals surface area contributed by atoms with Crippen molar-refractivity contribution in [3.63, 3.8) is 0 Å². The minimum Gasteiger partial charge on any atom is -0.354 e. The molecule has 2 aliphatic rings. The van der Waals surface area contributed by atoms with Crippen molar-refractivity contribution < 1.29 is 0 Å². The van der Waals surface area contributed by atoms with Crippen LogP contribution in [0.25, 0.3) is 0 Å². The van der Waals surface area contributed by atoms with Crippen molar-refractivity contribution in [1.29, 1.82) is 0 Å². The third kappa shape index (κ3) is 2.31. The summed E-state index contributed by atoms with van der Waals surface area (Å²) in [5.41, 5.74) is 9.91. The predicted octanol–water partition coefficient (Wildman–Crippen LogP) is 1.42. The highest BCUT2D eigenvalue weighted by atomic mass is 15.3. The van der Waals surface area contributed by atoms with Crippen molar-refractivity contribution >= 4 is 5.82 Å². The van der Waals surface area contributed by atoms with Gasteiger partial charge in [-0.3, -0.25) is 0 Å². The Kier molecular flexibility index (Phi) is 3.69. The molecule has 0 aromatic carbocycles. The molecule has 4 nitrogen and oxygen atoms in total. The number of rotatable bonds is 3. The number of likely N-dealkylation sites (N-methyl/N-ethyl adjacent to an activating group) is 1. The molecule has 1 saturated heterocycles. The second-order valence-electron chi connectivity index (χ2n) is 6.55. The third-order valence-corrected chi connectivity index (χ3v) is 4.86. The number of fused-ring (bicyclic) bond motifs is 1. The van der Waals surface area contributed by atoms with Gasteiger partial charge < -0.3 is 15.5 Å². The van der Waals surface area contributed by atoms with Gasteiger partial charge >= 0.3 is 0 Å². The van der Waals surface area contributed by atoms with Crippen LogP contribution in [0.2, 0.25) is 0 Å². The largest absolute Gasteiger partial charge is 0.354 e. The van der Waals surface area contributed by atoms with Crippen LogP contribution in [0, 0.1) is 5.92 Å². The lowest BCUT2D eigenvalue weighted by atomic mass is 10.1. The van der Waals surface area contributed by atoms with Gasteiger partial charge in [0.1, 0.15) is 5.82 Å². The molecule has 0 spiro atoms. The first-order chi connectivity index (χ1) is 9.60. The van der Waals surface area contributed by atoms with Gasteiger partial charge in [0.05, 0.1) is 0 Å². The van der Waals surface area contributed by atoms with Gasteiger partial charge in [-0.2, -0.15) is 0 Å². The number of hydrogen-bond donors (Lipinski definition) is 1. The molecule has 1 aromatic rings. The average molecular weight is 274 g/mol. The summed E-state index contributed by atoms with van der Waals surface area (Å²) in [4.78, 5) is 9.74. The van der Waals surface area contributed by atoms with Gasteiger partial charge in [-0.05, 0) is 50.9 Å². The highest BCUT2D eigenvalue weighted by molar-refractivity contribution is 5.52. The first kappa shape index (κ1) is 13.8. The Morgan fingerprint density at radius 2 is 2.15 bits per heavy atom. The van der Waals surface area contributed by atoms with E-state index in [0.717, 1.165) is 25.3 Å². The van der Waals surface area contributed by atoms with E-state index in [1.165, 1.54) is 29.7 Å². The number of pyridine rings is 1. The minimum atomic E-state index is 0.590. The Labute approximate surface area is 122 Å². The van der Waals surface area contributed by atoms with Gasteiger partial charge in [0.15, 0.2) is 0 Å². The summed E-state index contributed by atoms with van der Waals surface area (Å²) in [5, 5.41) is 0. The van der Waals surface area contributed by atoms with Crippen LogP contribution in [-0.4, -0.2) is 43.1 Å². The number of hydrogen-bond acceptors (Lipinski definition) is 4. The van der Waals surface area contributed by atoms with Crippen LogP contribution in [-0.2, 0) is 19.4 Å². The molecule has 0 bridgehead atoms. The molecular formula is C16H26N4. The molecule has 110 valence electrons. The van der Waals surface area contributed by atoms with Gasteiger partial charge in [-0.1, -0.05) is 6.92 Å². The first-order valence-electron chi connectivity index (χ1n) is 7.73. The summed E-state index contributed by atoms with van der Waals surface area (Å²) in [5.74, 6) is 1.81. The zero-order chi connectivity index (χ0) is 14.3. The van der Waals surface area contributed by atoms with E-state index in [1.807, 2.05) is 0 Å². The quantitative estimate of drug-likeness (QED) is 0.905. The van der Waals surface area contributed by atoms with Crippen LogP contribution in [0.1, 0.15) is 30.2 Å². The van der Waals surface area contributed by atoms with E-state index in [-0.39, 0.29) is 0 Å². The SMILES string of the molecule is CC1CN(c2nc3c(cc2CN)CCC3)CC1N(C)C. The lowest BCUT2D eigenvalue weighted by molar-refractivity contribution is 0.266. The highest BCUT2D eigenvalue weighted by Gasteiger charge is 2.33. The Bertz CT molecular complexity index is 497. The lowest BCUT2D eigenvalue weighted by Gasteiger charge is -2.24. The number of nitrogens with two attached hydrogens (primary N) is 1. The van der Waals surface area contributed by atoms with E-state index in [4.69, 9.17) is 10.7 Å². The Hall–Kier alpha value is -1.13. The standard InChI is InChI=1S/C16H26N4/c1-11-9-20(10-15(11)19(2)3)16-13(8-17)7-12-5-4-6-14(12)18-16/h7,11,15H,4-6,8-10,17H2,1-3H3. The fourth-order valence-corrected chi connectivity index (χ4v) is 3.73. The predicted molar refractivity (Wildman–Crippen MR) is 83.0 cm³/mol. The van der Waals surface area contributed by atoms with Gasteiger partial charge in [-0.25, -0.2) is 4.98 Å². The molecule has 0 radical (unpaired) electrons. The van der Waals surface area contributed by atoms with Crippen molar-refractivity contribution in [3.05, 3.63) is 22.9 Å². The normalized spacial score (nSPS) is 25.6. The van der Waals surface area contributed by atoms with Crippen molar-refractivity contribution in [1.82, 2.24) is 9.88 Å². The summed E-state index contributed by atoms with van der Waals surface area (Å²) < 4.78 is 0. The molecule has 4 heteroatoms. The van der Waals surface area contributed by atoms with E-state index in [1.54, 1.807) is 0 Å². The summed E-state index contributed by atoms with van der Waals surface area (Å²) >= 11 is 0. The van der Waals surface area contributed by atoms with Crippen LogP contribution in [0.15, 0.2) is 6.07 Å². The van der Waals surface area contributed by atoms with Gasteiger partial charge in [0, 0.05) is 36.9 Å². The summed E-state index contributed by atoms with van der Waals surface area (Å²) in [7, 11) is 4.34. The maximum atomic E-state index is 5.96. The van der Waals surface area contributed by atoms with E-state index < -0.39 is 0 Å². The van der Waals surface area contributed by atoms with Crippen molar-refractivity contribution in [2.75, 3.05) is 32.1 Å². The van der Waals surface area contributed by atoms with Crippen molar-refractivity contribution in [3.8, 4) is 0 Å². The average Bonchev–Trinajstić information content (AvgIpc) is 3.02. The number of anilines is 1. The highest BCUT2D eigenvalue weighted by Crippen LogP contribution is 2.31. The maximum Gasteiger partial charge on any atom is 0.133 e. The van der Waals surface area contributed by atoms with Gasteiger partial charge in [0.25, 0.3) is 0 Å². The van der Waals surface area contributed by atoms with Crippen LogP contribution in [0.5, 0.6) is 0 Å². The van der Waals surface area contributed by atoms with Crippen molar-refractivity contribution in [2.45, 2.75) is 38.8 Å². The summed E-state index contributed by atoms with van der Waals surface area (Å²) in [6.07, 6.45) is 3.55. The molecule has 1 aliphatic heterocycles. The van der Waals surface area contributed by atoms with E-state index in [2.05, 4.69) is 36.9 Å². The van der Waals surface area contributed by atoms with Crippen LogP contribution >= 0.6 is 0 Å². The maximum absolute atomic E-state index is 5.96. The number of aryl methyl sites for hydroxylation is 2. The topological polar surface area (TPSA) is 45.4 Å². The molecule has 2 atom stereocenters. The zero-order valence-corrected chi connectivity index (χ0v) is 12.9. The molecule has 1 fully saturated rings. The zero-order valence-electron chi connectivity index (χ0n) is 12.9. The van der Waals surface area contributed by atoms with E-state index in [9.17, 15) is 0 Å². The van der Waals surface area contributed by atoms with Gasteiger partial charge in [-0.15, -0.1) is 0 Å². The fraction of sp³-hybridized carbons (Fsp3) is 0.688. The smallest absolute Gasteiger partial charge is 0.133 e. The van der Waals surface area contributed by atoms with Crippen molar-refractivity contribution in [2.24, 2.45) is 11.7 Å². The second kappa shape index (κ2) is 5.34. The Morgan fingerprint density at radius 1 is 1.35 bits per heavy atom. The van der Waals surface area contributed by atoms with Crippen LogP contribution in [0.3, 0.4) is 0 Å². The third-order valence-electron chi connectivity index (χ3n) is 4.86. The minimum absolute atomic E-state index is 0.590. The molecule has 1 aromatic heterocycles. The number of nitrogens with zero attached hydrogens (tertiary/aromatic N) is 3. The lowest BCUT2D eigenvalue weighted by Crippen LogP contribution is -2.34. The molecule has 2 heterocycles. The molecule has 20 heavy (non-hydrogen) atoms. The Morgan fingerprint density at radius 3 is 2.80 bits per heavy atom. The molecule has 0 saturated carbocycles. The Balaban J connectivity index is 1.91. The van der Waals surface area contributed by atoms with Crippen LogP contribution in [0.4, 0.5) is 5.82 Å². The van der Waals surface area contributed by atoms with Crippen LogP contribution < -0.4 is 10.6 Å². The monoisotopic (exact) mass is 274 g/mol. The first-order valence-corrected chi connectivity index (χ1v) is 7.73. The molecular weight excluding hydrogens is 248 g/mol. The second-order valence-corrected chi connectivity index (χ2v) is 6.55. The summed E-state index contributed by atoms with van der Waals surface area (Å²) in [6, 6.07) is 2.91. The molecule has 1 aliphatic carbocycles. The van der Waals surface area contributed by atoms with E-state index in [0.29, 0.717) is 18.5 Å². The fourth-order valence-electron chi connectivity index (χ4n) is 3.73. The molecule has 3 rings (SSSR count). The molecule has 2 N–H and O–H groups in total. The number of aromatic nitrogens is 1. The van der Waals surface area contributed by atoms with E-state index >= 15 is 0 Å².